The van der Waals surface area contributed by atoms with Gasteiger partial charge in [0, 0.05) is 10.9 Å². The molecule has 1 aliphatic rings. The second kappa shape index (κ2) is 2.51. The van der Waals surface area contributed by atoms with Crippen LogP contribution in [0.4, 0.5) is 0 Å². The Morgan fingerprint density at radius 2 is 2.23 bits per heavy atom. The summed E-state index contributed by atoms with van der Waals surface area (Å²) in [6.07, 6.45) is 4.54. The number of fused-ring (bicyclic) bond motifs is 1. The van der Waals surface area contributed by atoms with Crippen LogP contribution in [0.2, 0.25) is 0 Å². The first kappa shape index (κ1) is 7.44. The van der Waals surface area contributed by atoms with Gasteiger partial charge in [0.2, 0.25) is 0 Å². The smallest absolute Gasteiger partial charge is 0.0960 e. The molecule has 0 aliphatic heterocycles. The molecule has 1 fully saturated rings. The van der Waals surface area contributed by atoms with E-state index in [1.165, 1.54) is 18.4 Å². The number of hydrogen-bond donors (Lipinski definition) is 1. The molecule has 0 N–H and O–H groups in total. The average molecular weight is 190 g/mol. The summed E-state index contributed by atoms with van der Waals surface area (Å²) in [5, 5.41) is 0. The molecule has 0 unspecified atom stereocenters. The van der Waals surface area contributed by atoms with Crippen molar-refractivity contribution in [2.75, 3.05) is 0 Å². The van der Waals surface area contributed by atoms with Gasteiger partial charge in [-0.2, -0.15) is 0 Å². The van der Waals surface area contributed by atoms with Crippen molar-refractivity contribution in [1.82, 2.24) is 9.55 Å². The molecule has 2 aromatic rings. The Hall–Kier alpha value is -0.960. The zero-order chi connectivity index (χ0) is 8.84. The van der Waals surface area contributed by atoms with Crippen LogP contribution in [-0.2, 0) is 0 Å². The summed E-state index contributed by atoms with van der Waals surface area (Å²) in [7, 11) is 0. The lowest BCUT2D eigenvalue weighted by atomic mass is 10.3. The molecule has 0 spiro atoms. The summed E-state index contributed by atoms with van der Waals surface area (Å²) in [5.41, 5.74) is 2.29. The van der Waals surface area contributed by atoms with E-state index in [9.17, 15) is 0 Å². The third-order valence-corrected chi connectivity index (χ3v) is 2.78. The van der Waals surface area contributed by atoms with Crippen molar-refractivity contribution in [3.8, 4) is 0 Å². The molecule has 0 radical (unpaired) electrons. The van der Waals surface area contributed by atoms with E-state index >= 15 is 0 Å². The van der Waals surface area contributed by atoms with E-state index in [0.717, 1.165) is 10.4 Å². The first-order chi connectivity index (χ1) is 6.34. The molecule has 3 rings (SSSR count). The molecule has 1 aliphatic carbocycles. The fourth-order valence-corrected chi connectivity index (χ4v) is 1.86. The number of nitrogens with zero attached hydrogens (tertiary/aromatic N) is 2. The van der Waals surface area contributed by atoms with E-state index in [0.29, 0.717) is 6.04 Å². The quantitative estimate of drug-likeness (QED) is 0.684. The second-order valence-corrected chi connectivity index (χ2v) is 4.07. The summed E-state index contributed by atoms with van der Waals surface area (Å²) in [6.45, 7) is 0. The Morgan fingerprint density at radius 1 is 1.38 bits per heavy atom. The maximum absolute atomic E-state index is 4.35. The topological polar surface area (TPSA) is 17.8 Å². The van der Waals surface area contributed by atoms with Crippen molar-refractivity contribution < 1.29 is 0 Å². The van der Waals surface area contributed by atoms with E-state index in [1.807, 2.05) is 18.5 Å². The monoisotopic (exact) mass is 190 g/mol. The summed E-state index contributed by atoms with van der Waals surface area (Å²) in [6, 6.07) is 6.84. The molecule has 2 nitrogen and oxygen atoms in total. The summed E-state index contributed by atoms with van der Waals surface area (Å²) < 4.78 is 2.27. The minimum absolute atomic E-state index is 0.704. The Balaban J connectivity index is 2.26. The van der Waals surface area contributed by atoms with Gasteiger partial charge in [0.05, 0.1) is 17.4 Å². The predicted molar refractivity (Wildman–Crippen MR) is 55.3 cm³/mol. The van der Waals surface area contributed by atoms with Gasteiger partial charge in [0.1, 0.15) is 0 Å². The molecule has 13 heavy (non-hydrogen) atoms. The Bertz CT molecular complexity index is 457. The van der Waals surface area contributed by atoms with Gasteiger partial charge in [-0.05, 0) is 31.0 Å². The average Bonchev–Trinajstić information content (AvgIpc) is 2.87. The lowest BCUT2D eigenvalue weighted by Gasteiger charge is -1.99. The van der Waals surface area contributed by atoms with E-state index in [1.54, 1.807) is 0 Å². The molecule has 0 bridgehead atoms. The van der Waals surface area contributed by atoms with Crippen molar-refractivity contribution in [1.29, 1.82) is 0 Å². The zero-order valence-electron chi connectivity index (χ0n) is 7.14. The molecular weight excluding hydrogens is 180 g/mol. The predicted octanol–water partition coefficient (Wildman–Crippen LogP) is 2.66. The molecular formula is C10H10N2S. The van der Waals surface area contributed by atoms with Gasteiger partial charge in [0.25, 0.3) is 0 Å². The molecule has 1 saturated carbocycles. The van der Waals surface area contributed by atoms with E-state index < -0.39 is 0 Å². The highest BCUT2D eigenvalue weighted by Crippen LogP contribution is 2.37. The van der Waals surface area contributed by atoms with Crippen LogP contribution in [-0.4, -0.2) is 9.55 Å². The largest absolute Gasteiger partial charge is 0.327 e. The van der Waals surface area contributed by atoms with Crippen LogP contribution in [0.25, 0.3) is 11.0 Å². The summed E-state index contributed by atoms with van der Waals surface area (Å²) >= 11 is 4.29. The first-order valence-electron chi connectivity index (χ1n) is 4.50. The van der Waals surface area contributed by atoms with E-state index in [2.05, 4.69) is 28.2 Å². The van der Waals surface area contributed by atoms with Crippen molar-refractivity contribution in [3.63, 3.8) is 0 Å². The third kappa shape index (κ3) is 1.15. The van der Waals surface area contributed by atoms with Crippen LogP contribution in [0, 0.1) is 0 Å². The highest BCUT2D eigenvalue weighted by molar-refractivity contribution is 7.80. The van der Waals surface area contributed by atoms with E-state index in [-0.39, 0.29) is 0 Å². The van der Waals surface area contributed by atoms with Crippen molar-refractivity contribution in [2.45, 2.75) is 23.8 Å². The molecule has 1 heterocycles. The lowest BCUT2D eigenvalue weighted by molar-refractivity contribution is 0.766. The van der Waals surface area contributed by atoms with Gasteiger partial charge in [-0.1, -0.05) is 0 Å². The van der Waals surface area contributed by atoms with Crippen LogP contribution >= 0.6 is 12.6 Å². The van der Waals surface area contributed by atoms with Gasteiger partial charge in [-0.25, -0.2) is 4.98 Å². The second-order valence-electron chi connectivity index (χ2n) is 3.56. The lowest BCUT2D eigenvalue weighted by Crippen LogP contribution is -1.89. The zero-order valence-corrected chi connectivity index (χ0v) is 8.04. The number of hydrogen-bond acceptors (Lipinski definition) is 2. The Morgan fingerprint density at radius 3 is 3.00 bits per heavy atom. The number of benzene rings is 1. The minimum atomic E-state index is 0.704. The summed E-state index contributed by atoms with van der Waals surface area (Å²) in [5.74, 6) is 0. The maximum atomic E-state index is 4.35. The molecule has 1 aromatic carbocycles. The highest BCUT2D eigenvalue weighted by Gasteiger charge is 2.24. The maximum Gasteiger partial charge on any atom is 0.0960 e. The molecule has 0 saturated heterocycles. The number of thiol groups is 1. The first-order valence-corrected chi connectivity index (χ1v) is 4.95. The highest BCUT2D eigenvalue weighted by atomic mass is 32.1. The molecule has 0 atom stereocenters. The van der Waals surface area contributed by atoms with Gasteiger partial charge in [-0.3, -0.25) is 0 Å². The SMILES string of the molecule is Sc1ccc2c(c1)ncn2C1CC1. The van der Waals surface area contributed by atoms with Crippen LogP contribution < -0.4 is 0 Å². The molecule has 3 heteroatoms. The Kier molecular flexibility index (Phi) is 1.44. The molecule has 0 amide bonds. The number of aromatic nitrogens is 2. The fraction of sp³-hybridized carbons (Fsp3) is 0.300. The van der Waals surface area contributed by atoms with Gasteiger partial charge in [0.15, 0.2) is 0 Å². The van der Waals surface area contributed by atoms with Gasteiger partial charge < -0.3 is 4.57 Å². The van der Waals surface area contributed by atoms with Crippen molar-refractivity contribution >= 4 is 23.7 Å². The van der Waals surface area contributed by atoms with Crippen molar-refractivity contribution in [3.05, 3.63) is 24.5 Å². The van der Waals surface area contributed by atoms with Crippen LogP contribution in [0.5, 0.6) is 0 Å². The fourth-order valence-electron chi connectivity index (χ4n) is 1.66. The third-order valence-electron chi connectivity index (χ3n) is 2.50. The van der Waals surface area contributed by atoms with Crippen LogP contribution in [0.3, 0.4) is 0 Å². The normalized spacial score (nSPS) is 16.7. The van der Waals surface area contributed by atoms with Crippen LogP contribution in [0.15, 0.2) is 29.4 Å². The van der Waals surface area contributed by atoms with Gasteiger partial charge >= 0.3 is 0 Å². The standard InChI is InChI=1S/C10H10N2S/c13-8-3-4-10-9(5-8)11-6-12(10)7-1-2-7/h3-7,13H,1-2H2. The molecule has 1 aromatic heterocycles. The number of rotatable bonds is 1. The summed E-state index contributed by atoms with van der Waals surface area (Å²) in [4.78, 5) is 5.33. The molecule has 66 valence electrons. The van der Waals surface area contributed by atoms with E-state index in [4.69, 9.17) is 0 Å². The van der Waals surface area contributed by atoms with Crippen molar-refractivity contribution in [2.24, 2.45) is 0 Å². The minimum Gasteiger partial charge on any atom is -0.327 e. The van der Waals surface area contributed by atoms with Gasteiger partial charge in [-0.15, -0.1) is 12.6 Å². The van der Waals surface area contributed by atoms with Crippen LogP contribution in [0.1, 0.15) is 18.9 Å². The number of imidazole rings is 1. The Labute approximate surface area is 82.0 Å².